The Morgan fingerprint density at radius 2 is 1.68 bits per heavy atom. The van der Waals surface area contributed by atoms with Crippen LogP contribution in [0, 0.1) is 5.92 Å². The van der Waals surface area contributed by atoms with Gasteiger partial charge in [-0.05, 0) is 30.3 Å². The molecule has 0 radical (unpaired) electrons. The lowest BCUT2D eigenvalue weighted by molar-refractivity contribution is 0.0827. The number of nitrogens with zero attached hydrogens (tertiary/aromatic N) is 2. The van der Waals surface area contributed by atoms with Crippen molar-refractivity contribution in [2.75, 3.05) is 31.6 Å². The molecule has 2 aliphatic heterocycles. The standard InChI is InChI=1S/C19H18N2O/c1-20-9-12-10-21(11-18(12)20)13-6-7-15-14-4-2-3-5-16(14)19(22)17(15)8-13/h2-8,12,18H,9-11H2,1H3/t12-,18+/m1/s1. The molecule has 22 heavy (non-hydrogen) atoms. The summed E-state index contributed by atoms with van der Waals surface area (Å²) in [6, 6.07) is 15.0. The zero-order valence-corrected chi connectivity index (χ0v) is 12.6. The summed E-state index contributed by atoms with van der Waals surface area (Å²) in [6.07, 6.45) is 0. The Kier molecular flexibility index (Phi) is 2.37. The second kappa shape index (κ2) is 4.20. The molecule has 2 fully saturated rings. The second-order valence-corrected chi connectivity index (χ2v) is 6.78. The maximum absolute atomic E-state index is 12.6. The van der Waals surface area contributed by atoms with E-state index in [9.17, 15) is 4.79 Å². The van der Waals surface area contributed by atoms with Gasteiger partial charge in [0.2, 0.25) is 0 Å². The van der Waals surface area contributed by atoms with E-state index in [1.807, 2.05) is 24.3 Å². The molecule has 0 unspecified atom stereocenters. The maximum Gasteiger partial charge on any atom is 0.194 e. The van der Waals surface area contributed by atoms with Gasteiger partial charge in [0.15, 0.2) is 5.78 Å². The van der Waals surface area contributed by atoms with Crippen molar-refractivity contribution in [1.82, 2.24) is 4.90 Å². The molecule has 0 spiro atoms. The lowest BCUT2D eigenvalue weighted by Gasteiger charge is -2.40. The van der Waals surface area contributed by atoms with Crippen molar-refractivity contribution in [1.29, 1.82) is 0 Å². The van der Waals surface area contributed by atoms with E-state index in [0.717, 1.165) is 41.3 Å². The van der Waals surface area contributed by atoms with Crippen molar-refractivity contribution in [3.8, 4) is 11.1 Å². The van der Waals surface area contributed by atoms with Crippen molar-refractivity contribution >= 4 is 11.5 Å². The number of hydrogen-bond acceptors (Lipinski definition) is 3. The first kappa shape index (κ1) is 12.4. The van der Waals surface area contributed by atoms with E-state index >= 15 is 0 Å². The molecule has 2 aromatic carbocycles. The minimum atomic E-state index is 0.173. The first-order valence-electron chi connectivity index (χ1n) is 7.96. The number of anilines is 1. The van der Waals surface area contributed by atoms with Crippen LogP contribution in [0.4, 0.5) is 5.69 Å². The summed E-state index contributed by atoms with van der Waals surface area (Å²) < 4.78 is 0. The molecule has 3 heteroatoms. The van der Waals surface area contributed by atoms with E-state index < -0.39 is 0 Å². The third kappa shape index (κ3) is 1.52. The summed E-state index contributed by atoms with van der Waals surface area (Å²) in [7, 11) is 2.20. The molecular weight excluding hydrogens is 272 g/mol. The van der Waals surface area contributed by atoms with Crippen LogP contribution in [0.1, 0.15) is 15.9 Å². The Balaban J connectivity index is 1.53. The topological polar surface area (TPSA) is 23.6 Å². The predicted octanol–water partition coefficient (Wildman–Crippen LogP) is 2.65. The monoisotopic (exact) mass is 290 g/mol. The fourth-order valence-corrected chi connectivity index (χ4v) is 4.32. The Bertz CT molecular complexity index is 798. The molecule has 3 nitrogen and oxygen atoms in total. The van der Waals surface area contributed by atoms with Crippen LogP contribution in [0.3, 0.4) is 0 Å². The van der Waals surface area contributed by atoms with E-state index in [1.54, 1.807) is 0 Å². The van der Waals surface area contributed by atoms with Crippen molar-refractivity contribution in [3.05, 3.63) is 53.6 Å². The van der Waals surface area contributed by atoms with Crippen LogP contribution >= 0.6 is 0 Å². The number of carbonyl (C=O) groups is 1. The van der Waals surface area contributed by atoms with Gasteiger partial charge in [-0.25, -0.2) is 0 Å². The highest BCUT2D eigenvalue weighted by Crippen LogP contribution is 2.40. The van der Waals surface area contributed by atoms with Crippen LogP contribution in [0.2, 0.25) is 0 Å². The van der Waals surface area contributed by atoms with Gasteiger partial charge in [-0.15, -0.1) is 0 Å². The van der Waals surface area contributed by atoms with Crippen molar-refractivity contribution < 1.29 is 4.79 Å². The van der Waals surface area contributed by atoms with E-state index in [1.165, 1.54) is 12.2 Å². The third-order valence-corrected chi connectivity index (χ3v) is 5.57. The van der Waals surface area contributed by atoms with Gasteiger partial charge in [-0.3, -0.25) is 4.79 Å². The predicted molar refractivity (Wildman–Crippen MR) is 87.4 cm³/mol. The zero-order valence-electron chi connectivity index (χ0n) is 12.6. The molecule has 2 saturated heterocycles. The number of likely N-dealkylation sites (N-methyl/N-ethyl adjacent to an activating group) is 1. The quantitative estimate of drug-likeness (QED) is 0.688. The molecule has 2 heterocycles. The Morgan fingerprint density at radius 1 is 0.909 bits per heavy atom. The number of hydrogen-bond donors (Lipinski definition) is 0. The summed E-state index contributed by atoms with van der Waals surface area (Å²) in [5.74, 6) is 0.970. The highest BCUT2D eigenvalue weighted by atomic mass is 16.1. The molecule has 0 saturated carbocycles. The fraction of sp³-hybridized carbons (Fsp3) is 0.316. The molecular formula is C19H18N2O. The van der Waals surface area contributed by atoms with E-state index in [4.69, 9.17) is 0 Å². The molecule has 110 valence electrons. The zero-order chi connectivity index (χ0) is 14.8. The van der Waals surface area contributed by atoms with Gasteiger partial charge in [0.1, 0.15) is 0 Å². The van der Waals surface area contributed by atoms with Crippen molar-refractivity contribution in [2.24, 2.45) is 5.92 Å². The average molecular weight is 290 g/mol. The molecule has 2 atom stereocenters. The smallest absolute Gasteiger partial charge is 0.194 e. The lowest BCUT2D eigenvalue weighted by atomic mass is 9.93. The summed E-state index contributed by atoms with van der Waals surface area (Å²) >= 11 is 0. The number of fused-ring (bicyclic) bond motifs is 4. The minimum absolute atomic E-state index is 0.173. The van der Waals surface area contributed by atoms with E-state index in [-0.39, 0.29) is 5.78 Å². The van der Waals surface area contributed by atoms with Gasteiger partial charge < -0.3 is 9.80 Å². The van der Waals surface area contributed by atoms with Gasteiger partial charge >= 0.3 is 0 Å². The van der Waals surface area contributed by atoms with Gasteiger partial charge in [-0.2, -0.15) is 0 Å². The molecule has 5 rings (SSSR count). The summed E-state index contributed by atoms with van der Waals surface area (Å²) in [5.41, 5.74) is 5.07. The summed E-state index contributed by atoms with van der Waals surface area (Å²) in [6.45, 7) is 3.41. The number of likely N-dealkylation sites (tertiary alicyclic amines) is 1. The maximum atomic E-state index is 12.6. The van der Waals surface area contributed by atoms with Gasteiger partial charge in [0.05, 0.1) is 0 Å². The summed E-state index contributed by atoms with van der Waals surface area (Å²) in [4.78, 5) is 17.5. The molecule has 0 amide bonds. The largest absolute Gasteiger partial charge is 0.370 e. The van der Waals surface area contributed by atoms with Crippen molar-refractivity contribution in [2.45, 2.75) is 6.04 Å². The second-order valence-electron chi connectivity index (χ2n) is 6.78. The first-order chi connectivity index (χ1) is 10.7. The van der Waals surface area contributed by atoms with Crippen LogP contribution in [0.25, 0.3) is 11.1 Å². The van der Waals surface area contributed by atoms with Crippen LogP contribution < -0.4 is 4.90 Å². The number of ketones is 1. The normalized spacial score (nSPS) is 25.7. The van der Waals surface area contributed by atoms with E-state index in [0.29, 0.717) is 6.04 Å². The third-order valence-electron chi connectivity index (χ3n) is 5.57. The molecule has 3 aliphatic rings. The highest BCUT2D eigenvalue weighted by Gasteiger charge is 2.43. The van der Waals surface area contributed by atoms with Crippen LogP contribution in [0.5, 0.6) is 0 Å². The van der Waals surface area contributed by atoms with Crippen LogP contribution in [-0.4, -0.2) is 43.4 Å². The Hall–Kier alpha value is -2.13. The van der Waals surface area contributed by atoms with Gasteiger partial charge in [0.25, 0.3) is 0 Å². The van der Waals surface area contributed by atoms with Gasteiger partial charge in [0, 0.05) is 48.4 Å². The number of rotatable bonds is 1. The number of benzene rings is 2. The molecule has 1 aliphatic carbocycles. The average Bonchev–Trinajstić information content (AvgIpc) is 3.04. The van der Waals surface area contributed by atoms with Crippen LogP contribution in [0.15, 0.2) is 42.5 Å². The van der Waals surface area contributed by atoms with Crippen molar-refractivity contribution in [3.63, 3.8) is 0 Å². The SMILES string of the molecule is CN1C[C@@H]2CN(c3ccc4c(c3)C(=O)c3ccccc3-4)C[C@@H]21. The highest BCUT2D eigenvalue weighted by molar-refractivity contribution is 6.22. The Morgan fingerprint density at radius 3 is 2.45 bits per heavy atom. The lowest BCUT2D eigenvalue weighted by Crippen LogP contribution is -2.52. The number of carbonyl (C=O) groups excluding carboxylic acids is 1. The first-order valence-corrected chi connectivity index (χ1v) is 7.96. The molecule has 0 bridgehead atoms. The molecule has 2 aromatic rings. The van der Waals surface area contributed by atoms with E-state index in [2.05, 4.69) is 35.0 Å². The molecule has 0 N–H and O–H groups in total. The molecule has 0 aromatic heterocycles. The minimum Gasteiger partial charge on any atom is -0.370 e. The summed E-state index contributed by atoms with van der Waals surface area (Å²) in [5, 5.41) is 0. The fourth-order valence-electron chi connectivity index (χ4n) is 4.32. The van der Waals surface area contributed by atoms with Crippen LogP contribution in [-0.2, 0) is 0 Å². The Labute approximate surface area is 130 Å². The van der Waals surface area contributed by atoms with Gasteiger partial charge in [-0.1, -0.05) is 30.3 Å².